The van der Waals surface area contributed by atoms with E-state index in [4.69, 9.17) is 5.11 Å². The second kappa shape index (κ2) is 7.68. The van der Waals surface area contributed by atoms with Gasteiger partial charge in [-0.3, -0.25) is 9.59 Å². The average Bonchev–Trinajstić information content (AvgIpc) is 2.94. The minimum Gasteiger partial charge on any atom is -0.481 e. The summed E-state index contributed by atoms with van der Waals surface area (Å²) in [7, 11) is 0. The number of hydrogen-bond donors (Lipinski definition) is 2. The van der Waals surface area contributed by atoms with Gasteiger partial charge in [0.2, 0.25) is 5.82 Å². The van der Waals surface area contributed by atoms with Crippen LogP contribution >= 0.6 is 0 Å². The van der Waals surface area contributed by atoms with Gasteiger partial charge in [-0.1, -0.05) is 32.0 Å². The van der Waals surface area contributed by atoms with E-state index < -0.39 is 17.4 Å². The van der Waals surface area contributed by atoms with E-state index >= 15 is 0 Å². The molecule has 1 aromatic carbocycles. The van der Waals surface area contributed by atoms with E-state index in [1.54, 1.807) is 25.5 Å². The number of amides is 1. The minimum absolute atomic E-state index is 0.0179. The highest BCUT2D eigenvalue weighted by atomic mass is 16.4. The third-order valence-corrected chi connectivity index (χ3v) is 4.17. The summed E-state index contributed by atoms with van der Waals surface area (Å²) in [4.78, 5) is 27.6. The van der Waals surface area contributed by atoms with Crippen LogP contribution in [0, 0.1) is 6.92 Å². The van der Waals surface area contributed by atoms with Crippen LogP contribution in [0.2, 0.25) is 0 Å². The van der Waals surface area contributed by atoms with Crippen LogP contribution in [0.3, 0.4) is 0 Å². The van der Waals surface area contributed by atoms with Gasteiger partial charge in [-0.15, -0.1) is 5.10 Å². The van der Waals surface area contributed by atoms with Gasteiger partial charge >= 0.3 is 5.97 Å². The molecule has 1 heterocycles. The van der Waals surface area contributed by atoms with E-state index in [0.717, 1.165) is 11.3 Å². The summed E-state index contributed by atoms with van der Waals surface area (Å²) in [5.41, 5.74) is 1.36. The molecule has 7 nitrogen and oxygen atoms in total. The first kappa shape index (κ1) is 19.6. The van der Waals surface area contributed by atoms with E-state index in [1.165, 1.54) is 0 Å². The molecule has 1 aromatic heterocycles. The molecule has 0 unspecified atom stereocenters. The number of carboxylic acid groups (broad SMARTS) is 1. The molecule has 0 aliphatic rings. The van der Waals surface area contributed by atoms with Crippen molar-refractivity contribution in [2.24, 2.45) is 0 Å². The van der Waals surface area contributed by atoms with Gasteiger partial charge in [-0.05, 0) is 44.7 Å². The van der Waals surface area contributed by atoms with Crippen LogP contribution < -0.4 is 5.32 Å². The highest BCUT2D eigenvalue weighted by Crippen LogP contribution is 2.23. The molecule has 0 saturated heterocycles. The maximum absolute atomic E-state index is 12.5. The molecule has 2 N–H and O–H groups in total. The normalized spacial score (nSPS) is 11.6. The summed E-state index contributed by atoms with van der Waals surface area (Å²) < 4.78 is 1.68. The van der Waals surface area contributed by atoms with Gasteiger partial charge in [-0.2, -0.15) is 0 Å². The van der Waals surface area contributed by atoms with Crippen molar-refractivity contribution in [3.63, 3.8) is 0 Å². The van der Waals surface area contributed by atoms with Crippen molar-refractivity contribution in [3.8, 4) is 5.69 Å². The van der Waals surface area contributed by atoms with Gasteiger partial charge in [0.05, 0.1) is 5.69 Å². The molecule has 0 spiro atoms. The Labute approximate surface area is 153 Å². The predicted octanol–water partition coefficient (Wildman–Crippen LogP) is 3.07. The molecular weight excluding hydrogens is 332 g/mol. The number of benzene rings is 1. The molecule has 0 radical (unpaired) electrons. The van der Waals surface area contributed by atoms with Crippen LogP contribution in [-0.4, -0.2) is 37.3 Å². The molecule has 7 heteroatoms. The third kappa shape index (κ3) is 4.68. The predicted molar refractivity (Wildman–Crippen MR) is 98.6 cm³/mol. The Kier molecular flexibility index (Phi) is 5.79. The fraction of sp³-hybridized carbons (Fsp3) is 0.474. The molecule has 0 atom stereocenters. The lowest BCUT2D eigenvalue weighted by Gasteiger charge is -2.24. The topological polar surface area (TPSA) is 97.1 Å². The average molecular weight is 358 g/mol. The summed E-state index contributed by atoms with van der Waals surface area (Å²) in [5, 5.41) is 16.0. The third-order valence-electron chi connectivity index (χ3n) is 4.17. The summed E-state index contributed by atoms with van der Waals surface area (Å²) in [5.74, 6) is -0.307. The Morgan fingerprint density at radius 1 is 1.27 bits per heavy atom. The number of carboxylic acids is 1. The van der Waals surface area contributed by atoms with E-state index in [1.807, 2.05) is 24.3 Å². The fourth-order valence-electron chi connectivity index (χ4n) is 2.73. The molecule has 1 amide bonds. The van der Waals surface area contributed by atoms with Crippen LogP contribution in [0.15, 0.2) is 24.3 Å². The van der Waals surface area contributed by atoms with E-state index in [-0.39, 0.29) is 12.2 Å². The number of aliphatic carboxylic acids is 1. The molecule has 0 saturated carbocycles. The summed E-state index contributed by atoms with van der Waals surface area (Å²) in [6.45, 7) is 9.57. The molecule has 2 aromatic rings. The standard InChI is InChI=1S/C19H26N4O3/c1-12(2)14-8-6-7-9-15(14)23-13(3)20-17(22-23)18(26)21-19(4,5)11-10-16(24)25/h6-9,12H,10-11H2,1-5H3,(H,21,26)(H,24,25). The van der Waals surface area contributed by atoms with E-state index in [9.17, 15) is 9.59 Å². The number of aromatic nitrogens is 3. The van der Waals surface area contributed by atoms with Crippen molar-refractivity contribution in [1.29, 1.82) is 0 Å². The maximum atomic E-state index is 12.5. The van der Waals surface area contributed by atoms with Crippen LogP contribution in [0.4, 0.5) is 0 Å². The van der Waals surface area contributed by atoms with Crippen molar-refractivity contribution < 1.29 is 14.7 Å². The number of hydrogen-bond acceptors (Lipinski definition) is 4. The molecule has 0 fully saturated rings. The SMILES string of the molecule is Cc1nc(C(=O)NC(C)(C)CCC(=O)O)nn1-c1ccccc1C(C)C. The lowest BCUT2D eigenvalue weighted by Crippen LogP contribution is -2.44. The summed E-state index contributed by atoms with van der Waals surface area (Å²) >= 11 is 0. The van der Waals surface area contributed by atoms with Crippen LogP contribution in [0.5, 0.6) is 0 Å². The van der Waals surface area contributed by atoms with Gasteiger partial charge < -0.3 is 10.4 Å². The Bertz CT molecular complexity index is 809. The van der Waals surface area contributed by atoms with Crippen LogP contribution in [0.25, 0.3) is 5.69 Å². The molecule has 2 rings (SSSR count). The lowest BCUT2D eigenvalue weighted by molar-refractivity contribution is -0.137. The second-order valence-electron chi connectivity index (χ2n) is 7.34. The molecule has 140 valence electrons. The van der Waals surface area contributed by atoms with Gasteiger partial charge in [-0.25, -0.2) is 9.67 Å². The van der Waals surface area contributed by atoms with E-state index in [2.05, 4.69) is 29.2 Å². The maximum Gasteiger partial charge on any atom is 0.303 e. The zero-order valence-electron chi connectivity index (χ0n) is 15.9. The zero-order valence-corrected chi connectivity index (χ0v) is 15.9. The zero-order chi connectivity index (χ0) is 19.5. The number of carbonyl (C=O) groups excluding carboxylic acids is 1. The number of carbonyl (C=O) groups is 2. The molecule has 0 aliphatic carbocycles. The first-order valence-corrected chi connectivity index (χ1v) is 8.68. The largest absolute Gasteiger partial charge is 0.481 e. The van der Waals surface area contributed by atoms with Gasteiger partial charge in [0, 0.05) is 12.0 Å². The lowest BCUT2D eigenvalue weighted by atomic mass is 9.98. The molecule has 26 heavy (non-hydrogen) atoms. The second-order valence-corrected chi connectivity index (χ2v) is 7.34. The monoisotopic (exact) mass is 358 g/mol. The number of rotatable bonds is 7. The number of nitrogens with zero attached hydrogens (tertiary/aromatic N) is 3. The van der Waals surface area contributed by atoms with Crippen LogP contribution in [-0.2, 0) is 4.79 Å². The van der Waals surface area contributed by atoms with Crippen molar-refractivity contribution in [2.45, 2.75) is 58.9 Å². The Balaban J connectivity index is 2.25. The van der Waals surface area contributed by atoms with Crippen LogP contribution in [0.1, 0.15) is 68.5 Å². The first-order chi connectivity index (χ1) is 12.1. The van der Waals surface area contributed by atoms with Gasteiger partial charge in [0.15, 0.2) is 0 Å². The highest BCUT2D eigenvalue weighted by Gasteiger charge is 2.25. The van der Waals surface area contributed by atoms with Gasteiger partial charge in [0.1, 0.15) is 5.82 Å². The smallest absolute Gasteiger partial charge is 0.303 e. The number of para-hydroxylation sites is 1. The summed E-state index contributed by atoms with van der Waals surface area (Å²) in [6, 6.07) is 7.89. The molecular formula is C19H26N4O3. The van der Waals surface area contributed by atoms with Crippen molar-refractivity contribution in [3.05, 3.63) is 41.5 Å². The highest BCUT2D eigenvalue weighted by molar-refractivity contribution is 5.91. The summed E-state index contributed by atoms with van der Waals surface area (Å²) in [6.07, 6.45) is 0.305. The van der Waals surface area contributed by atoms with Crippen molar-refractivity contribution in [1.82, 2.24) is 20.1 Å². The Morgan fingerprint density at radius 3 is 2.54 bits per heavy atom. The van der Waals surface area contributed by atoms with Crippen molar-refractivity contribution >= 4 is 11.9 Å². The number of nitrogens with one attached hydrogen (secondary N) is 1. The minimum atomic E-state index is -0.893. The van der Waals surface area contributed by atoms with Crippen molar-refractivity contribution in [2.75, 3.05) is 0 Å². The molecule has 0 bridgehead atoms. The quantitative estimate of drug-likeness (QED) is 0.793. The molecule has 0 aliphatic heterocycles. The Morgan fingerprint density at radius 2 is 1.92 bits per heavy atom. The van der Waals surface area contributed by atoms with E-state index in [0.29, 0.717) is 18.2 Å². The first-order valence-electron chi connectivity index (χ1n) is 8.68. The fourth-order valence-corrected chi connectivity index (χ4v) is 2.73. The number of aryl methyl sites for hydroxylation is 1. The van der Waals surface area contributed by atoms with Gasteiger partial charge in [0.25, 0.3) is 5.91 Å². The Hall–Kier alpha value is -2.70.